The standard InChI is InChI=1S/C17H20N4O2/c1-18-16-6-2-5-14(20-16)15-12-21(8-9-23-15)17(22)10-13-4-3-7-19-11-13/h2-7,11,15H,8-10,12H2,1H3,(H,18,20)/t15-/m1/s1. The molecule has 1 N–H and O–H groups in total. The molecule has 0 spiro atoms. The first-order valence-electron chi connectivity index (χ1n) is 7.69. The van der Waals surface area contributed by atoms with Crippen molar-refractivity contribution >= 4 is 11.7 Å². The summed E-state index contributed by atoms with van der Waals surface area (Å²) in [4.78, 5) is 22.9. The van der Waals surface area contributed by atoms with E-state index in [1.54, 1.807) is 12.4 Å². The molecule has 3 heterocycles. The van der Waals surface area contributed by atoms with Gasteiger partial charge >= 0.3 is 0 Å². The summed E-state index contributed by atoms with van der Waals surface area (Å²) in [6, 6.07) is 9.53. The molecule has 2 aromatic heterocycles. The predicted molar refractivity (Wildman–Crippen MR) is 87.0 cm³/mol. The number of hydrogen-bond acceptors (Lipinski definition) is 5. The van der Waals surface area contributed by atoms with Crippen LogP contribution in [0.4, 0.5) is 5.82 Å². The highest BCUT2D eigenvalue weighted by Crippen LogP contribution is 2.22. The van der Waals surface area contributed by atoms with E-state index in [0.717, 1.165) is 17.1 Å². The quantitative estimate of drug-likeness (QED) is 0.930. The molecule has 120 valence electrons. The molecule has 6 heteroatoms. The average molecular weight is 312 g/mol. The van der Waals surface area contributed by atoms with Crippen LogP contribution in [0, 0.1) is 0 Å². The van der Waals surface area contributed by atoms with Gasteiger partial charge in [-0.15, -0.1) is 0 Å². The van der Waals surface area contributed by atoms with Gasteiger partial charge in [0.05, 0.1) is 25.3 Å². The predicted octanol–water partition coefficient (Wildman–Crippen LogP) is 1.66. The number of rotatable bonds is 4. The highest BCUT2D eigenvalue weighted by Gasteiger charge is 2.26. The summed E-state index contributed by atoms with van der Waals surface area (Å²) >= 11 is 0. The van der Waals surface area contributed by atoms with E-state index in [2.05, 4.69) is 15.3 Å². The molecule has 23 heavy (non-hydrogen) atoms. The lowest BCUT2D eigenvalue weighted by Gasteiger charge is -2.33. The first-order valence-corrected chi connectivity index (χ1v) is 7.69. The van der Waals surface area contributed by atoms with Gasteiger partial charge in [0.2, 0.25) is 5.91 Å². The van der Waals surface area contributed by atoms with Crippen molar-refractivity contribution < 1.29 is 9.53 Å². The Balaban J connectivity index is 1.66. The number of nitrogens with one attached hydrogen (secondary N) is 1. The van der Waals surface area contributed by atoms with Gasteiger partial charge in [-0.2, -0.15) is 0 Å². The fourth-order valence-corrected chi connectivity index (χ4v) is 2.61. The SMILES string of the molecule is CNc1cccc([C@H]2CN(C(=O)Cc3cccnc3)CCO2)n1. The maximum absolute atomic E-state index is 12.5. The first-order chi connectivity index (χ1) is 11.3. The van der Waals surface area contributed by atoms with Gasteiger partial charge in [0, 0.05) is 26.0 Å². The molecule has 3 rings (SSSR count). The van der Waals surface area contributed by atoms with E-state index < -0.39 is 0 Å². The Labute approximate surface area is 135 Å². The second-order valence-electron chi connectivity index (χ2n) is 5.43. The molecule has 1 saturated heterocycles. The number of morpholine rings is 1. The summed E-state index contributed by atoms with van der Waals surface area (Å²) in [5, 5.41) is 3.02. The number of carbonyl (C=O) groups excluding carboxylic acids is 1. The number of anilines is 1. The molecule has 0 bridgehead atoms. The van der Waals surface area contributed by atoms with Crippen molar-refractivity contribution in [3.63, 3.8) is 0 Å². The lowest BCUT2D eigenvalue weighted by Crippen LogP contribution is -2.43. The molecule has 0 aromatic carbocycles. The zero-order chi connectivity index (χ0) is 16.1. The van der Waals surface area contributed by atoms with Crippen LogP contribution in [0.15, 0.2) is 42.7 Å². The number of hydrogen-bond donors (Lipinski definition) is 1. The van der Waals surface area contributed by atoms with Gasteiger partial charge in [-0.1, -0.05) is 12.1 Å². The second kappa shape index (κ2) is 7.19. The van der Waals surface area contributed by atoms with Gasteiger partial charge < -0.3 is 15.0 Å². The van der Waals surface area contributed by atoms with Crippen LogP contribution in [0.5, 0.6) is 0 Å². The topological polar surface area (TPSA) is 67.4 Å². The third-order valence-corrected chi connectivity index (χ3v) is 3.85. The fourth-order valence-electron chi connectivity index (χ4n) is 2.61. The summed E-state index contributed by atoms with van der Waals surface area (Å²) < 4.78 is 5.80. The first kappa shape index (κ1) is 15.4. The Kier molecular flexibility index (Phi) is 4.83. The Morgan fingerprint density at radius 1 is 1.39 bits per heavy atom. The van der Waals surface area contributed by atoms with Gasteiger partial charge in [0.1, 0.15) is 11.9 Å². The zero-order valence-corrected chi connectivity index (χ0v) is 13.1. The van der Waals surface area contributed by atoms with E-state index in [9.17, 15) is 4.79 Å². The Bertz CT molecular complexity index is 663. The summed E-state index contributed by atoms with van der Waals surface area (Å²) in [7, 11) is 1.83. The Morgan fingerprint density at radius 3 is 3.09 bits per heavy atom. The number of pyridine rings is 2. The molecule has 2 aromatic rings. The number of aromatic nitrogens is 2. The highest BCUT2D eigenvalue weighted by molar-refractivity contribution is 5.78. The van der Waals surface area contributed by atoms with E-state index in [1.165, 1.54) is 0 Å². The van der Waals surface area contributed by atoms with Crippen molar-refractivity contribution in [1.29, 1.82) is 0 Å². The van der Waals surface area contributed by atoms with Gasteiger partial charge in [0.15, 0.2) is 0 Å². The summed E-state index contributed by atoms with van der Waals surface area (Å²) in [6.45, 7) is 1.66. The number of amides is 1. The number of nitrogens with zero attached hydrogens (tertiary/aromatic N) is 3. The van der Waals surface area contributed by atoms with Crippen LogP contribution in [0.3, 0.4) is 0 Å². The lowest BCUT2D eigenvalue weighted by molar-refractivity contribution is -0.138. The van der Waals surface area contributed by atoms with E-state index in [-0.39, 0.29) is 12.0 Å². The van der Waals surface area contributed by atoms with Crippen LogP contribution < -0.4 is 5.32 Å². The van der Waals surface area contributed by atoms with Crippen molar-refractivity contribution in [3.05, 3.63) is 54.0 Å². The third-order valence-electron chi connectivity index (χ3n) is 3.85. The normalized spacial score (nSPS) is 17.8. The molecule has 1 aliphatic rings. The molecule has 1 fully saturated rings. The van der Waals surface area contributed by atoms with E-state index in [4.69, 9.17) is 4.74 Å². The Morgan fingerprint density at radius 2 is 2.30 bits per heavy atom. The van der Waals surface area contributed by atoms with Crippen molar-refractivity contribution in [1.82, 2.24) is 14.9 Å². The fraction of sp³-hybridized carbons (Fsp3) is 0.353. The minimum Gasteiger partial charge on any atom is -0.373 e. The molecule has 1 aliphatic heterocycles. The van der Waals surface area contributed by atoms with Crippen LogP contribution in [-0.4, -0.2) is 47.5 Å². The highest BCUT2D eigenvalue weighted by atomic mass is 16.5. The molecule has 1 amide bonds. The van der Waals surface area contributed by atoms with Crippen molar-refractivity contribution in [2.45, 2.75) is 12.5 Å². The molecule has 0 unspecified atom stereocenters. The minimum absolute atomic E-state index is 0.0936. The monoisotopic (exact) mass is 312 g/mol. The van der Waals surface area contributed by atoms with Gasteiger partial charge in [0.25, 0.3) is 0 Å². The maximum Gasteiger partial charge on any atom is 0.227 e. The largest absolute Gasteiger partial charge is 0.373 e. The zero-order valence-electron chi connectivity index (χ0n) is 13.1. The van der Waals surface area contributed by atoms with Crippen LogP contribution in [-0.2, 0) is 16.0 Å². The van der Waals surface area contributed by atoms with E-state index in [0.29, 0.717) is 26.1 Å². The molecular weight excluding hydrogens is 292 g/mol. The van der Waals surface area contributed by atoms with Crippen molar-refractivity contribution in [2.24, 2.45) is 0 Å². The van der Waals surface area contributed by atoms with Crippen molar-refractivity contribution in [2.75, 3.05) is 32.1 Å². The van der Waals surface area contributed by atoms with Crippen LogP contribution in [0.1, 0.15) is 17.4 Å². The summed E-state index contributed by atoms with van der Waals surface area (Å²) in [5.74, 6) is 0.890. The second-order valence-corrected chi connectivity index (χ2v) is 5.43. The maximum atomic E-state index is 12.5. The molecule has 6 nitrogen and oxygen atoms in total. The molecule has 0 aliphatic carbocycles. The Hall–Kier alpha value is -2.47. The van der Waals surface area contributed by atoms with Crippen molar-refractivity contribution in [3.8, 4) is 0 Å². The third kappa shape index (κ3) is 3.84. The number of carbonyl (C=O) groups is 1. The van der Waals surface area contributed by atoms with Crippen LogP contribution in [0.2, 0.25) is 0 Å². The van der Waals surface area contributed by atoms with Crippen LogP contribution >= 0.6 is 0 Å². The van der Waals surface area contributed by atoms with Gasteiger partial charge in [-0.05, 0) is 23.8 Å². The van der Waals surface area contributed by atoms with E-state index >= 15 is 0 Å². The summed E-state index contributed by atoms with van der Waals surface area (Å²) in [6.07, 6.45) is 3.62. The van der Waals surface area contributed by atoms with E-state index in [1.807, 2.05) is 42.3 Å². The smallest absolute Gasteiger partial charge is 0.227 e. The molecule has 0 saturated carbocycles. The minimum atomic E-state index is -0.185. The van der Waals surface area contributed by atoms with Gasteiger partial charge in [-0.3, -0.25) is 9.78 Å². The molecule has 1 atom stereocenters. The summed E-state index contributed by atoms with van der Waals surface area (Å²) in [5.41, 5.74) is 1.77. The average Bonchev–Trinajstić information content (AvgIpc) is 2.63. The van der Waals surface area contributed by atoms with Crippen LogP contribution in [0.25, 0.3) is 0 Å². The lowest BCUT2D eigenvalue weighted by atomic mass is 10.1. The molecule has 0 radical (unpaired) electrons. The molecular formula is C17H20N4O2. The number of ether oxygens (including phenoxy) is 1. The van der Waals surface area contributed by atoms with Gasteiger partial charge in [-0.25, -0.2) is 4.98 Å².